The van der Waals surface area contributed by atoms with Crippen molar-refractivity contribution in [1.29, 1.82) is 0 Å². The van der Waals surface area contributed by atoms with Crippen molar-refractivity contribution < 1.29 is 5.11 Å². The number of nitrogens with one attached hydrogen (secondary N) is 1. The van der Waals surface area contributed by atoms with Gasteiger partial charge in [0.2, 0.25) is 0 Å². The third-order valence-corrected chi connectivity index (χ3v) is 4.70. The molecule has 0 amide bonds. The average molecular weight is 254 g/mol. The van der Waals surface area contributed by atoms with Gasteiger partial charge in [0.25, 0.3) is 0 Å². The van der Waals surface area contributed by atoms with E-state index in [1.165, 1.54) is 25.7 Å². The van der Waals surface area contributed by atoms with E-state index in [2.05, 4.69) is 33.0 Å². The first-order valence-corrected chi connectivity index (χ1v) is 7.41. The van der Waals surface area contributed by atoms with Crippen LogP contribution in [0.15, 0.2) is 0 Å². The van der Waals surface area contributed by atoms with Crippen LogP contribution in [0.2, 0.25) is 0 Å². The zero-order valence-electron chi connectivity index (χ0n) is 12.4. The Hall–Kier alpha value is -0.120. The molecule has 1 saturated heterocycles. The number of hydrogen-bond donors (Lipinski definition) is 3. The molecule has 0 bridgehead atoms. The van der Waals surface area contributed by atoms with Crippen LogP contribution in [0.1, 0.15) is 66.2 Å². The first kappa shape index (κ1) is 14.3. The molecule has 1 aliphatic carbocycles. The fraction of sp³-hybridized carbons (Fsp3) is 1.00. The molecule has 106 valence electrons. The molecule has 4 N–H and O–H groups in total. The molecule has 1 atom stereocenters. The number of aliphatic hydroxyl groups is 1. The van der Waals surface area contributed by atoms with Crippen molar-refractivity contribution in [2.75, 3.05) is 0 Å². The van der Waals surface area contributed by atoms with Crippen LogP contribution in [0, 0.1) is 5.92 Å². The zero-order valence-corrected chi connectivity index (χ0v) is 12.4. The predicted octanol–water partition coefficient (Wildman–Crippen LogP) is 2.18. The molecule has 2 rings (SSSR count). The Morgan fingerprint density at radius 3 is 1.94 bits per heavy atom. The number of piperidine rings is 1. The summed E-state index contributed by atoms with van der Waals surface area (Å²) in [6, 6.07) is -0.0688. The summed E-state index contributed by atoms with van der Waals surface area (Å²) in [4.78, 5) is 0. The summed E-state index contributed by atoms with van der Waals surface area (Å²) in [5, 5.41) is 14.7. The van der Waals surface area contributed by atoms with Gasteiger partial charge in [0, 0.05) is 17.1 Å². The van der Waals surface area contributed by atoms with Crippen LogP contribution in [-0.2, 0) is 0 Å². The minimum Gasteiger partial charge on any atom is -0.388 e. The van der Waals surface area contributed by atoms with E-state index in [1.807, 2.05) is 0 Å². The molecule has 1 saturated carbocycles. The van der Waals surface area contributed by atoms with E-state index in [1.54, 1.807) is 0 Å². The van der Waals surface area contributed by atoms with Gasteiger partial charge in [0.15, 0.2) is 0 Å². The molecule has 0 aromatic heterocycles. The molecule has 2 aliphatic rings. The van der Waals surface area contributed by atoms with Crippen molar-refractivity contribution in [3.05, 3.63) is 0 Å². The van der Waals surface area contributed by atoms with Crippen molar-refractivity contribution in [3.63, 3.8) is 0 Å². The average Bonchev–Trinajstić information content (AvgIpc) is 2.62. The topological polar surface area (TPSA) is 58.3 Å². The highest BCUT2D eigenvalue weighted by atomic mass is 16.3. The van der Waals surface area contributed by atoms with Crippen LogP contribution >= 0.6 is 0 Å². The number of hydrogen-bond acceptors (Lipinski definition) is 3. The third-order valence-electron chi connectivity index (χ3n) is 4.70. The van der Waals surface area contributed by atoms with Gasteiger partial charge in [-0.3, -0.25) is 0 Å². The van der Waals surface area contributed by atoms with Gasteiger partial charge >= 0.3 is 0 Å². The molecule has 0 radical (unpaired) electrons. The Morgan fingerprint density at radius 2 is 1.50 bits per heavy atom. The van der Waals surface area contributed by atoms with Crippen molar-refractivity contribution in [2.24, 2.45) is 11.7 Å². The quantitative estimate of drug-likeness (QED) is 0.708. The van der Waals surface area contributed by atoms with Crippen LogP contribution in [0.3, 0.4) is 0 Å². The van der Waals surface area contributed by atoms with E-state index >= 15 is 0 Å². The van der Waals surface area contributed by atoms with E-state index in [9.17, 15) is 5.11 Å². The molecule has 1 unspecified atom stereocenters. The maximum Gasteiger partial charge on any atom is 0.0835 e. The van der Waals surface area contributed by atoms with Crippen LogP contribution in [0.25, 0.3) is 0 Å². The summed E-state index contributed by atoms with van der Waals surface area (Å²) < 4.78 is 0. The molecular weight excluding hydrogens is 224 g/mol. The van der Waals surface area contributed by atoms with E-state index in [-0.39, 0.29) is 17.1 Å². The van der Waals surface area contributed by atoms with Gasteiger partial charge in [-0.25, -0.2) is 0 Å². The van der Waals surface area contributed by atoms with E-state index in [4.69, 9.17) is 5.73 Å². The second kappa shape index (κ2) is 4.46. The van der Waals surface area contributed by atoms with Crippen molar-refractivity contribution in [1.82, 2.24) is 5.32 Å². The van der Waals surface area contributed by atoms with Crippen molar-refractivity contribution >= 4 is 0 Å². The van der Waals surface area contributed by atoms with Crippen molar-refractivity contribution in [2.45, 2.75) is 88.9 Å². The summed E-state index contributed by atoms with van der Waals surface area (Å²) in [7, 11) is 0. The van der Waals surface area contributed by atoms with E-state index < -0.39 is 5.60 Å². The molecule has 18 heavy (non-hydrogen) atoms. The van der Waals surface area contributed by atoms with Gasteiger partial charge in [-0.1, -0.05) is 12.8 Å². The Balaban J connectivity index is 2.17. The maximum atomic E-state index is 11.1. The van der Waals surface area contributed by atoms with E-state index in [0.717, 1.165) is 12.8 Å². The summed E-state index contributed by atoms with van der Waals surface area (Å²) >= 11 is 0. The second-order valence-electron chi connectivity index (χ2n) is 7.92. The number of nitrogens with two attached hydrogens (primary N) is 1. The fourth-order valence-corrected chi connectivity index (χ4v) is 4.59. The summed E-state index contributed by atoms with van der Waals surface area (Å²) in [6.45, 7) is 8.67. The van der Waals surface area contributed by atoms with Gasteiger partial charge in [-0.05, 0) is 59.3 Å². The van der Waals surface area contributed by atoms with Gasteiger partial charge in [-0.15, -0.1) is 0 Å². The third kappa shape index (κ3) is 2.89. The molecule has 3 heteroatoms. The minimum atomic E-state index is -0.715. The summed E-state index contributed by atoms with van der Waals surface area (Å²) in [5.74, 6) is 0.514. The monoisotopic (exact) mass is 254 g/mol. The first-order chi connectivity index (χ1) is 8.14. The van der Waals surface area contributed by atoms with Gasteiger partial charge in [-0.2, -0.15) is 0 Å². The molecule has 1 aliphatic heterocycles. The fourth-order valence-electron chi connectivity index (χ4n) is 4.59. The van der Waals surface area contributed by atoms with E-state index in [0.29, 0.717) is 5.92 Å². The summed E-state index contributed by atoms with van der Waals surface area (Å²) in [6.07, 6.45) is 6.44. The lowest BCUT2D eigenvalue weighted by Gasteiger charge is -2.53. The van der Waals surface area contributed by atoms with Gasteiger partial charge in [0.1, 0.15) is 0 Å². The normalized spacial score (nSPS) is 32.3. The van der Waals surface area contributed by atoms with Crippen molar-refractivity contribution in [3.8, 4) is 0 Å². The Morgan fingerprint density at radius 1 is 1.06 bits per heavy atom. The highest BCUT2D eigenvalue weighted by molar-refractivity contribution is 5.09. The van der Waals surface area contributed by atoms with Gasteiger partial charge < -0.3 is 16.2 Å². The Labute approximate surface area is 112 Å². The molecule has 3 nitrogen and oxygen atoms in total. The van der Waals surface area contributed by atoms with Gasteiger partial charge in [0.05, 0.1) is 5.60 Å². The van der Waals surface area contributed by atoms with Crippen LogP contribution in [-0.4, -0.2) is 27.8 Å². The molecular formula is C15H30N2O. The van der Waals surface area contributed by atoms with Crippen LogP contribution in [0.4, 0.5) is 0 Å². The minimum absolute atomic E-state index is 0.0489. The number of rotatable bonds is 2. The largest absolute Gasteiger partial charge is 0.388 e. The highest BCUT2D eigenvalue weighted by Gasteiger charge is 2.50. The Kier molecular flexibility index (Phi) is 3.54. The zero-order chi connectivity index (χ0) is 13.6. The Bertz CT molecular complexity index is 290. The molecule has 0 spiro atoms. The molecule has 1 heterocycles. The molecule has 0 aromatic rings. The standard InChI is InChI=1S/C15H30N2O/c1-13(2)9-15(18,10-14(3,4)17-13)12(16)11-7-5-6-8-11/h11-12,17-18H,5-10,16H2,1-4H3. The SMILES string of the molecule is CC1(C)CC(O)(C(N)C2CCCC2)CC(C)(C)N1. The predicted molar refractivity (Wildman–Crippen MR) is 75.4 cm³/mol. The highest BCUT2D eigenvalue weighted by Crippen LogP contribution is 2.42. The van der Waals surface area contributed by atoms with Crippen LogP contribution in [0.5, 0.6) is 0 Å². The lowest BCUT2D eigenvalue weighted by molar-refractivity contribution is -0.0843. The smallest absolute Gasteiger partial charge is 0.0835 e. The summed E-state index contributed by atoms with van der Waals surface area (Å²) in [5.41, 5.74) is 5.64. The lowest BCUT2D eigenvalue weighted by Crippen LogP contribution is -2.68. The van der Waals surface area contributed by atoms with Crippen LogP contribution < -0.4 is 11.1 Å². The first-order valence-electron chi connectivity index (χ1n) is 7.41. The molecule has 2 fully saturated rings. The molecule has 0 aromatic carbocycles. The second-order valence-corrected chi connectivity index (χ2v) is 7.92. The maximum absolute atomic E-state index is 11.1. The lowest BCUT2D eigenvalue weighted by atomic mass is 9.67.